The van der Waals surface area contributed by atoms with Crippen LogP contribution in [0.3, 0.4) is 0 Å². The third-order valence-corrected chi connectivity index (χ3v) is 3.76. The van der Waals surface area contributed by atoms with E-state index < -0.39 is 0 Å². The van der Waals surface area contributed by atoms with Gasteiger partial charge in [0.25, 0.3) is 5.91 Å². The van der Waals surface area contributed by atoms with Crippen LogP contribution in [0.4, 0.5) is 0 Å². The highest BCUT2D eigenvalue weighted by molar-refractivity contribution is 14.0. The Morgan fingerprint density at radius 3 is 2.50 bits per heavy atom. The van der Waals surface area contributed by atoms with Gasteiger partial charge >= 0.3 is 0 Å². The van der Waals surface area contributed by atoms with Gasteiger partial charge in [0, 0.05) is 30.7 Å². The minimum Gasteiger partial charge on any atom is -0.357 e. The largest absolute Gasteiger partial charge is 0.357 e. The van der Waals surface area contributed by atoms with Gasteiger partial charge in [-0.05, 0) is 42.3 Å². The molecule has 0 atom stereocenters. The fourth-order valence-electron chi connectivity index (χ4n) is 2.30. The van der Waals surface area contributed by atoms with Crippen LogP contribution in [0, 0.1) is 0 Å². The minimum absolute atomic E-state index is 0. The van der Waals surface area contributed by atoms with E-state index in [0.717, 1.165) is 17.7 Å². The number of rotatable bonds is 6. The van der Waals surface area contributed by atoms with Gasteiger partial charge in [-0.15, -0.1) is 24.0 Å². The lowest BCUT2D eigenvalue weighted by Crippen LogP contribution is -2.36. The molecule has 0 aliphatic carbocycles. The molecule has 0 aromatic heterocycles. The Labute approximate surface area is 176 Å². The van der Waals surface area contributed by atoms with E-state index in [1.54, 1.807) is 13.1 Å². The highest BCUT2D eigenvalue weighted by Crippen LogP contribution is 2.11. The van der Waals surface area contributed by atoms with Gasteiger partial charge in [0.2, 0.25) is 0 Å². The summed E-state index contributed by atoms with van der Waals surface area (Å²) in [5, 5.41) is 9.83. The summed E-state index contributed by atoms with van der Waals surface area (Å²) in [6, 6.07) is 15.2. The van der Waals surface area contributed by atoms with Gasteiger partial charge in [0.05, 0.1) is 6.54 Å². The van der Waals surface area contributed by atoms with Crippen LogP contribution >= 0.6 is 35.6 Å². The highest BCUT2D eigenvalue weighted by Gasteiger charge is 2.04. The fraction of sp³-hybridized carbons (Fsp3) is 0.263. The predicted octanol–water partition coefficient (Wildman–Crippen LogP) is 3.57. The SMILES string of the molecule is CCNC(=NCc1cccc(Cl)c1)NCc1cccc(C(=O)NC)c1.I. The molecular weight excluding hydrogens is 463 g/mol. The molecule has 0 aliphatic rings. The van der Waals surface area contributed by atoms with Gasteiger partial charge in [0.15, 0.2) is 5.96 Å². The Bertz CT molecular complexity index is 752. The second-order valence-electron chi connectivity index (χ2n) is 5.46. The van der Waals surface area contributed by atoms with E-state index in [0.29, 0.717) is 29.6 Å². The number of halogens is 2. The number of nitrogens with one attached hydrogen (secondary N) is 3. The lowest BCUT2D eigenvalue weighted by Gasteiger charge is -2.12. The van der Waals surface area contributed by atoms with Gasteiger partial charge < -0.3 is 16.0 Å². The summed E-state index contributed by atoms with van der Waals surface area (Å²) in [6.07, 6.45) is 0. The molecule has 0 bridgehead atoms. The van der Waals surface area contributed by atoms with Crippen LogP contribution in [-0.2, 0) is 13.1 Å². The molecule has 26 heavy (non-hydrogen) atoms. The van der Waals surface area contributed by atoms with Crippen LogP contribution in [0.15, 0.2) is 53.5 Å². The van der Waals surface area contributed by atoms with E-state index >= 15 is 0 Å². The van der Waals surface area contributed by atoms with E-state index in [4.69, 9.17) is 11.6 Å². The molecule has 2 aromatic rings. The summed E-state index contributed by atoms with van der Waals surface area (Å²) in [6.45, 7) is 3.89. The molecule has 2 aromatic carbocycles. The zero-order chi connectivity index (χ0) is 18.1. The monoisotopic (exact) mass is 486 g/mol. The molecule has 0 spiro atoms. The van der Waals surface area contributed by atoms with Crippen LogP contribution in [0.2, 0.25) is 5.02 Å². The van der Waals surface area contributed by atoms with Crippen LogP contribution in [-0.4, -0.2) is 25.5 Å². The summed E-state index contributed by atoms with van der Waals surface area (Å²) in [4.78, 5) is 16.3. The molecule has 140 valence electrons. The smallest absolute Gasteiger partial charge is 0.251 e. The van der Waals surface area contributed by atoms with Crippen molar-refractivity contribution in [2.24, 2.45) is 4.99 Å². The molecular formula is C19H24ClIN4O. The molecule has 7 heteroatoms. The Morgan fingerprint density at radius 2 is 1.81 bits per heavy atom. The molecule has 2 rings (SSSR count). The Balaban J connectivity index is 0.00000338. The molecule has 0 fully saturated rings. The number of carbonyl (C=O) groups is 1. The minimum atomic E-state index is -0.0941. The van der Waals surface area contributed by atoms with Crippen molar-refractivity contribution in [1.82, 2.24) is 16.0 Å². The maximum absolute atomic E-state index is 11.7. The second-order valence-corrected chi connectivity index (χ2v) is 5.89. The van der Waals surface area contributed by atoms with Crippen LogP contribution in [0.5, 0.6) is 0 Å². The molecule has 1 amide bonds. The first-order valence-corrected chi connectivity index (χ1v) is 8.57. The van der Waals surface area contributed by atoms with Crippen molar-refractivity contribution >= 4 is 47.4 Å². The van der Waals surface area contributed by atoms with Crippen molar-refractivity contribution in [3.63, 3.8) is 0 Å². The number of amides is 1. The van der Waals surface area contributed by atoms with Crippen molar-refractivity contribution in [2.75, 3.05) is 13.6 Å². The average molecular weight is 487 g/mol. The Kier molecular flexibility index (Phi) is 10.0. The average Bonchev–Trinajstić information content (AvgIpc) is 2.63. The standard InChI is InChI=1S/C19H23ClN4O.HI/c1-3-22-19(24-13-15-7-5-9-17(20)11-15)23-12-14-6-4-8-16(10-14)18(25)21-2;/h4-11H,3,12-13H2,1-2H3,(H,21,25)(H2,22,23,24);1H. The van der Waals surface area contributed by atoms with Crippen LogP contribution in [0.1, 0.15) is 28.4 Å². The van der Waals surface area contributed by atoms with Crippen LogP contribution < -0.4 is 16.0 Å². The predicted molar refractivity (Wildman–Crippen MR) is 118 cm³/mol. The van der Waals surface area contributed by atoms with E-state index in [9.17, 15) is 4.79 Å². The lowest BCUT2D eigenvalue weighted by atomic mass is 10.1. The second kappa shape index (κ2) is 11.7. The topological polar surface area (TPSA) is 65.5 Å². The van der Waals surface area contributed by atoms with E-state index in [1.807, 2.05) is 49.4 Å². The van der Waals surface area contributed by atoms with Crippen molar-refractivity contribution in [1.29, 1.82) is 0 Å². The van der Waals surface area contributed by atoms with E-state index in [2.05, 4.69) is 20.9 Å². The molecule has 0 saturated carbocycles. The maximum atomic E-state index is 11.7. The van der Waals surface area contributed by atoms with Crippen LogP contribution in [0.25, 0.3) is 0 Å². The Hall–Kier alpha value is -1.80. The Morgan fingerprint density at radius 1 is 1.08 bits per heavy atom. The van der Waals surface area contributed by atoms with Gasteiger partial charge in [-0.1, -0.05) is 35.9 Å². The molecule has 0 unspecified atom stereocenters. The van der Waals surface area contributed by atoms with Gasteiger partial charge in [-0.2, -0.15) is 0 Å². The van der Waals surface area contributed by atoms with Crippen molar-refractivity contribution in [3.8, 4) is 0 Å². The summed E-state index contributed by atoms with van der Waals surface area (Å²) in [5.74, 6) is 0.621. The van der Waals surface area contributed by atoms with E-state index in [-0.39, 0.29) is 29.9 Å². The fourth-order valence-corrected chi connectivity index (χ4v) is 2.51. The van der Waals surface area contributed by atoms with Gasteiger partial charge in [-0.25, -0.2) is 4.99 Å². The normalized spacial score (nSPS) is 10.7. The van der Waals surface area contributed by atoms with E-state index in [1.165, 1.54) is 0 Å². The summed E-state index contributed by atoms with van der Waals surface area (Å²) >= 11 is 6.00. The molecule has 0 aliphatic heterocycles. The number of hydrogen-bond donors (Lipinski definition) is 3. The lowest BCUT2D eigenvalue weighted by molar-refractivity contribution is 0.0963. The quantitative estimate of drug-likeness (QED) is 0.332. The summed E-state index contributed by atoms with van der Waals surface area (Å²) in [5.41, 5.74) is 2.70. The zero-order valence-corrected chi connectivity index (χ0v) is 18.0. The number of carbonyl (C=O) groups excluding carboxylic acids is 1. The summed E-state index contributed by atoms with van der Waals surface area (Å²) in [7, 11) is 1.62. The summed E-state index contributed by atoms with van der Waals surface area (Å²) < 4.78 is 0. The molecule has 0 saturated heterocycles. The van der Waals surface area contributed by atoms with Crippen molar-refractivity contribution < 1.29 is 4.79 Å². The highest BCUT2D eigenvalue weighted by atomic mass is 127. The van der Waals surface area contributed by atoms with Crippen molar-refractivity contribution in [2.45, 2.75) is 20.0 Å². The molecule has 0 heterocycles. The maximum Gasteiger partial charge on any atom is 0.251 e. The molecule has 3 N–H and O–H groups in total. The first-order chi connectivity index (χ1) is 12.1. The third kappa shape index (κ3) is 7.21. The van der Waals surface area contributed by atoms with Gasteiger partial charge in [0.1, 0.15) is 0 Å². The number of guanidine groups is 1. The molecule has 0 radical (unpaired) electrons. The zero-order valence-electron chi connectivity index (χ0n) is 14.9. The first-order valence-electron chi connectivity index (χ1n) is 8.20. The molecule has 5 nitrogen and oxygen atoms in total. The number of aliphatic imine (C=N–C) groups is 1. The number of benzene rings is 2. The first kappa shape index (κ1) is 22.2. The third-order valence-electron chi connectivity index (χ3n) is 3.53. The number of nitrogens with zero attached hydrogens (tertiary/aromatic N) is 1. The van der Waals surface area contributed by atoms with Gasteiger partial charge in [-0.3, -0.25) is 4.79 Å². The van der Waals surface area contributed by atoms with Crippen molar-refractivity contribution in [3.05, 3.63) is 70.2 Å². The number of hydrogen-bond acceptors (Lipinski definition) is 2.